The van der Waals surface area contributed by atoms with E-state index in [4.69, 9.17) is 4.98 Å². The number of carbonyl (C=O) groups excluding carboxylic acids is 2. The van der Waals surface area contributed by atoms with Crippen molar-refractivity contribution in [1.29, 1.82) is 0 Å². The van der Waals surface area contributed by atoms with Crippen molar-refractivity contribution >= 4 is 35.7 Å². The fourth-order valence-electron chi connectivity index (χ4n) is 2.98. The highest BCUT2D eigenvalue weighted by atomic mass is 16.2. The number of nitrogens with one attached hydrogen (secondary N) is 4. The van der Waals surface area contributed by atoms with Gasteiger partial charge in [-0.1, -0.05) is 0 Å². The van der Waals surface area contributed by atoms with Crippen molar-refractivity contribution in [3.63, 3.8) is 0 Å². The van der Waals surface area contributed by atoms with Crippen LogP contribution >= 0.6 is 0 Å². The Morgan fingerprint density at radius 1 is 1.21 bits per heavy atom. The Hall–Kier alpha value is -3.10. The predicted molar refractivity (Wildman–Crippen MR) is 107 cm³/mol. The molecule has 2 heterocycles. The van der Waals surface area contributed by atoms with E-state index in [1.165, 1.54) is 25.7 Å². The summed E-state index contributed by atoms with van der Waals surface area (Å²) >= 11 is 0. The minimum Gasteiger partial charge on any atom is -0.384 e. The van der Waals surface area contributed by atoms with E-state index in [0.29, 0.717) is 17.6 Å². The van der Waals surface area contributed by atoms with Gasteiger partial charge in [-0.05, 0) is 43.6 Å². The van der Waals surface area contributed by atoms with Gasteiger partial charge in [-0.2, -0.15) is 9.61 Å². The van der Waals surface area contributed by atoms with Gasteiger partial charge in [-0.3, -0.25) is 14.9 Å². The first-order valence-electron chi connectivity index (χ1n) is 9.68. The number of fused-ring (bicyclic) bond motifs is 1. The molecule has 0 aliphatic heterocycles. The second-order valence-electron chi connectivity index (χ2n) is 7.41. The first kappa shape index (κ1) is 18.3. The topological polar surface area (TPSA) is 112 Å². The minimum atomic E-state index is -0.507. The molecule has 0 bridgehead atoms. The Bertz CT molecular complexity index is 912. The third-order valence-corrected chi connectivity index (χ3v) is 5.04. The first-order valence-corrected chi connectivity index (χ1v) is 9.68. The fourth-order valence-corrected chi connectivity index (χ4v) is 2.98. The summed E-state index contributed by atoms with van der Waals surface area (Å²) in [6, 6.07) is 1.98. The molecule has 9 nitrogen and oxygen atoms in total. The van der Waals surface area contributed by atoms with Crippen LogP contribution in [0, 0.1) is 11.8 Å². The Labute approximate surface area is 163 Å². The number of carbonyl (C=O) groups is 2. The molecule has 2 aliphatic rings. The number of likely N-dealkylation sites (N-methyl/N-ethyl adjacent to an activating group) is 1. The molecule has 4 N–H and O–H groups in total. The van der Waals surface area contributed by atoms with E-state index >= 15 is 0 Å². The summed E-state index contributed by atoms with van der Waals surface area (Å²) in [6.45, 7) is 1.82. The maximum Gasteiger partial charge on any atom is 0.273 e. The number of hydrogen-bond donors (Lipinski definition) is 4. The lowest BCUT2D eigenvalue weighted by Crippen LogP contribution is -2.28. The Kier molecular flexibility index (Phi) is 5.14. The normalized spacial score (nSPS) is 16.7. The van der Waals surface area contributed by atoms with Gasteiger partial charge in [-0.25, -0.2) is 4.98 Å². The van der Waals surface area contributed by atoms with Gasteiger partial charge in [0, 0.05) is 31.8 Å². The molecule has 0 unspecified atom stereocenters. The Balaban J connectivity index is 1.67. The average Bonchev–Trinajstić information content (AvgIpc) is 3.62. The third kappa shape index (κ3) is 4.24. The predicted octanol–water partition coefficient (Wildman–Crippen LogP) is 1.21. The van der Waals surface area contributed by atoms with Crippen LogP contribution in [0.5, 0.6) is 0 Å². The molecule has 2 fully saturated rings. The smallest absolute Gasteiger partial charge is 0.273 e. The second-order valence-corrected chi connectivity index (χ2v) is 7.41. The van der Waals surface area contributed by atoms with Crippen LogP contribution in [-0.2, 0) is 9.59 Å². The average molecular weight is 383 g/mol. The molecule has 148 valence electrons. The second kappa shape index (κ2) is 7.87. The molecule has 0 radical (unpaired) electrons. The van der Waals surface area contributed by atoms with Crippen molar-refractivity contribution in [3.8, 4) is 0 Å². The summed E-state index contributed by atoms with van der Waals surface area (Å²) in [5.74, 6) is 2.61. The van der Waals surface area contributed by atoms with Crippen LogP contribution in [0.25, 0.3) is 11.7 Å². The number of aromatic nitrogens is 3. The quantitative estimate of drug-likeness (QED) is 0.360. The van der Waals surface area contributed by atoms with Gasteiger partial charge < -0.3 is 16.0 Å². The highest BCUT2D eigenvalue weighted by molar-refractivity contribution is 6.02. The van der Waals surface area contributed by atoms with E-state index in [1.807, 2.05) is 6.07 Å². The first-order chi connectivity index (χ1) is 13.7. The van der Waals surface area contributed by atoms with Crippen LogP contribution in [0.15, 0.2) is 18.0 Å². The van der Waals surface area contributed by atoms with Crippen molar-refractivity contribution in [2.75, 3.05) is 30.8 Å². The van der Waals surface area contributed by atoms with Gasteiger partial charge in [0.15, 0.2) is 5.65 Å². The van der Waals surface area contributed by atoms with E-state index in [1.54, 1.807) is 23.8 Å². The highest BCUT2D eigenvalue weighted by Crippen LogP contribution is 2.31. The summed E-state index contributed by atoms with van der Waals surface area (Å²) in [5.41, 5.74) is 1.59. The molecule has 0 atom stereocenters. The van der Waals surface area contributed by atoms with Gasteiger partial charge in [0.05, 0.1) is 6.20 Å². The number of imide groups is 1. The maximum absolute atomic E-state index is 12.0. The molecule has 2 aliphatic carbocycles. The summed E-state index contributed by atoms with van der Waals surface area (Å²) in [7, 11) is 1.63. The van der Waals surface area contributed by atoms with E-state index in [9.17, 15) is 9.59 Å². The summed E-state index contributed by atoms with van der Waals surface area (Å²) < 4.78 is 1.75. The molecular formula is C19H25N7O2. The van der Waals surface area contributed by atoms with Crippen molar-refractivity contribution in [2.24, 2.45) is 11.8 Å². The van der Waals surface area contributed by atoms with Crippen LogP contribution in [0.1, 0.15) is 31.2 Å². The molecule has 9 heteroatoms. The van der Waals surface area contributed by atoms with Crippen molar-refractivity contribution in [1.82, 2.24) is 25.2 Å². The molecule has 2 aromatic rings. The van der Waals surface area contributed by atoms with Crippen LogP contribution in [0.2, 0.25) is 0 Å². The number of nitrogens with zero attached hydrogens (tertiary/aromatic N) is 3. The van der Waals surface area contributed by atoms with Crippen LogP contribution in [-0.4, -0.2) is 47.1 Å². The van der Waals surface area contributed by atoms with Crippen LogP contribution in [0.4, 0.5) is 11.6 Å². The highest BCUT2D eigenvalue weighted by Gasteiger charge is 2.23. The molecule has 2 saturated carbocycles. The van der Waals surface area contributed by atoms with Crippen LogP contribution in [0.3, 0.4) is 0 Å². The van der Waals surface area contributed by atoms with E-state index in [2.05, 4.69) is 26.4 Å². The van der Waals surface area contributed by atoms with Crippen molar-refractivity contribution < 1.29 is 9.59 Å². The molecule has 0 aromatic carbocycles. The van der Waals surface area contributed by atoms with Gasteiger partial charge in [0.2, 0.25) is 6.41 Å². The lowest BCUT2D eigenvalue weighted by atomic mass is 10.2. The number of rotatable bonds is 10. The van der Waals surface area contributed by atoms with Crippen molar-refractivity contribution in [3.05, 3.63) is 23.5 Å². The molecule has 2 aromatic heterocycles. The summed E-state index contributed by atoms with van der Waals surface area (Å²) in [6.07, 6.45) is 8.73. The lowest BCUT2D eigenvalue weighted by Gasteiger charge is -2.12. The molecular weight excluding hydrogens is 358 g/mol. The SMILES string of the molecule is CN/C(=C\c1cnn2c(NCC3CC3)cc(NCC3CC3)nc12)C(=O)NC=O. The number of anilines is 2. The molecule has 4 rings (SSSR count). The summed E-state index contributed by atoms with van der Waals surface area (Å²) in [5, 5.41) is 16.3. The molecule has 0 saturated heterocycles. The zero-order valence-electron chi connectivity index (χ0n) is 15.9. The van der Waals surface area contributed by atoms with E-state index in [0.717, 1.165) is 36.6 Å². The van der Waals surface area contributed by atoms with E-state index < -0.39 is 5.91 Å². The van der Waals surface area contributed by atoms with Gasteiger partial charge >= 0.3 is 0 Å². The maximum atomic E-state index is 12.0. The summed E-state index contributed by atoms with van der Waals surface area (Å²) in [4.78, 5) is 27.3. The Morgan fingerprint density at radius 3 is 2.57 bits per heavy atom. The monoisotopic (exact) mass is 383 g/mol. The van der Waals surface area contributed by atoms with Gasteiger partial charge in [-0.15, -0.1) is 0 Å². The standard InChI is InChI=1S/C19H25N7O2/c1-20-15(19(28)23-11-27)6-14-10-24-26-17(22-9-13-4-5-13)7-16(25-18(14)26)21-8-12-2-3-12/h6-7,10-13,20,22H,2-5,8-9H2,1H3,(H,21,25)(H,23,27,28)/b15-6-. The molecule has 2 amide bonds. The number of hydrogen-bond acceptors (Lipinski definition) is 7. The van der Waals surface area contributed by atoms with E-state index in [-0.39, 0.29) is 5.70 Å². The zero-order valence-corrected chi connectivity index (χ0v) is 15.9. The Morgan fingerprint density at radius 2 is 1.93 bits per heavy atom. The third-order valence-electron chi connectivity index (χ3n) is 5.04. The number of amides is 2. The lowest BCUT2D eigenvalue weighted by molar-refractivity contribution is -0.122. The van der Waals surface area contributed by atoms with Gasteiger partial charge in [0.1, 0.15) is 17.3 Å². The fraction of sp³-hybridized carbons (Fsp3) is 0.474. The minimum absolute atomic E-state index is 0.257. The van der Waals surface area contributed by atoms with Crippen molar-refractivity contribution in [2.45, 2.75) is 25.7 Å². The van der Waals surface area contributed by atoms with Crippen LogP contribution < -0.4 is 21.3 Å². The molecule has 0 spiro atoms. The van der Waals surface area contributed by atoms with Gasteiger partial charge in [0.25, 0.3) is 5.91 Å². The zero-order chi connectivity index (χ0) is 19.5. The molecule has 28 heavy (non-hydrogen) atoms. The largest absolute Gasteiger partial charge is 0.384 e.